The second kappa shape index (κ2) is 10.9. The van der Waals surface area contributed by atoms with Crippen molar-refractivity contribution in [2.45, 2.75) is 49.1 Å². The van der Waals surface area contributed by atoms with Gasteiger partial charge in [-0.15, -0.1) is 0 Å². The summed E-state index contributed by atoms with van der Waals surface area (Å²) in [5, 5.41) is 22.6. The summed E-state index contributed by atoms with van der Waals surface area (Å²) >= 11 is 0. The summed E-state index contributed by atoms with van der Waals surface area (Å²) in [6.45, 7) is -1.62. The van der Waals surface area contributed by atoms with Crippen molar-refractivity contribution in [3.63, 3.8) is 0 Å². The number of fused-ring (bicyclic) bond motifs is 5. The summed E-state index contributed by atoms with van der Waals surface area (Å²) in [6, 6.07) is 1.56. The molecule has 0 aromatic carbocycles. The summed E-state index contributed by atoms with van der Waals surface area (Å²) in [5.74, 6) is -0.135. The lowest BCUT2D eigenvalue weighted by atomic mass is 10.1. The van der Waals surface area contributed by atoms with E-state index in [0.29, 0.717) is 5.39 Å². The first-order chi connectivity index (χ1) is 21.3. The minimum Gasteiger partial charge on any atom is -0.387 e. The maximum Gasteiger partial charge on any atom is 0.472 e. The zero-order chi connectivity index (χ0) is 31.8. The van der Waals surface area contributed by atoms with Crippen LogP contribution in [-0.4, -0.2) is 104 Å². The monoisotopic (exact) mass is 673 g/mol. The van der Waals surface area contributed by atoms with Crippen molar-refractivity contribution >= 4 is 49.6 Å². The molecule has 22 nitrogen and oxygen atoms in total. The molecule has 3 aliphatic rings. The number of hydrogen-bond acceptors (Lipinski definition) is 17. The van der Waals surface area contributed by atoms with Crippen molar-refractivity contribution in [2.75, 3.05) is 24.7 Å². The van der Waals surface area contributed by atoms with Crippen molar-refractivity contribution in [1.29, 1.82) is 0 Å². The fraction of sp³-hybridized carbons (Fsp3) is 0.476. The van der Waals surface area contributed by atoms with Gasteiger partial charge in [0.25, 0.3) is 5.56 Å². The van der Waals surface area contributed by atoms with Crippen LogP contribution in [0.4, 0.5) is 11.8 Å². The van der Waals surface area contributed by atoms with Gasteiger partial charge in [0, 0.05) is 6.20 Å². The molecule has 0 radical (unpaired) electrons. The molecule has 0 saturated carbocycles. The lowest BCUT2D eigenvalue weighted by Crippen LogP contribution is -2.36. The van der Waals surface area contributed by atoms with Crippen LogP contribution in [0.15, 0.2) is 29.7 Å². The number of phosphoric ester groups is 2. The van der Waals surface area contributed by atoms with Crippen LogP contribution >= 0.6 is 15.6 Å². The molecule has 7 rings (SSSR count). The van der Waals surface area contributed by atoms with Crippen LogP contribution in [-0.2, 0) is 36.7 Å². The number of ether oxygens (including phenoxy) is 2. The molecule has 4 unspecified atom stereocenters. The normalized spacial score (nSPS) is 37.7. The third-order valence-corrected chi connectivity index (χ3v) is 9.45. The van der Waals surface area contributed by atoms with Gasteiger partial charge in [0.15, 0.2) is 23.6 Å². The molecule has 3 aliphatic heterocycles. The topological polar surface area (TPSA) is 317 Å². The minimum atomic E-state index is -5.10. The van der Waals surface area contributed by atoms with E-state index in [9.17, 15) is 33.9 Å². The Bertz CT molecular complexity index is 1930. The van der Waals surface area contributed by atoms with E-state index in [-0.39, 0.29) is 28.6 Å². The molecule has 7 heterocycles. The number of nitrogens with zero attached hydrogens (tertiary/aromatic N) is 6. The van der Waals surface area contributed by atoms with Crippen LogP contribution in [0.1, 0.15) is 12.5 Å². The van der Waals surface area contributed by atoms with Crippen LogP contribution in [0.2, 0.25) is 0 Å². The molecule has 0 spiro atoms. The average Bonchev–Trinajstić information content (AvgIpc) is 3.72. The molecule has 4 aromatic heterocycles. The standard InChI is InChI=1S/C21H25N9O13P2/c22-15-7-1-2-29(16(7)25-5-24-15)19-12(32)13-9(41-19)4-39-45(36,37)43-14-11(31)8(3-38-44(34,35)42-13)40-20(14)30-6-26-10-17(30)27-21(23)28-18(10)33/h1-2,5-6,8-9,11-14,19-20,31-32H,3-4H2,(H,34,35)(H,36,37)(H2,22,24,25)(H3,23,27,28,33)/t8-,9-,11?,12+,13?,14+,19-,20-/m1/s1. The molecule has 9 N–H and O–H groups in total. The number of aromatic nitrogens is 7. The van der Waals surface area contributed by atoms with E-state index in [1.165, 1.54) is 17.1 Å². The molecule has 3 fully saturated rings. The average molecular weight is 673 g/mol. The summed E-state index contributed by atoms with van der Waals surface area (Å²) in [4.78, 5) is 51.8. The van der Waals surface area contributed by atoms with Gasteiger partial charge >= 0.3 is 15.6 Å². The maximum atomic E-state index is 13.2. The zero-order valence-electron chi connectivity index (χ0n) is 22.5. The highest BCUT2D eigenvalue weighted by atomic mass is 31.2. The SMILES string of the molecule is Nc1nc2c(ncn2[C@@H]2O[C@@H]3COP(=O)(O)OC4[C@@H](COP(=O)(O)O[C@H]2C3O)O[C@@H](n2ccc3c(N)ncnc32)[C@H]4O)c(=O)[nH]1. The number of aliphatic hydroxyl groups is 2. The van der Waals surface area contributed by atoms with Gasteiger partial charge in [0.05, 0.1) is 24.9 Å². The quantitative estimate of drug-likeness (QED) is 0.116. The third-order valence-electron chi connectivity index (χ3n) is 7.47. The number of rotatable bonds is 2. The molecule has 4 aromatic rings. The fourth-order valence-electron chi connectivity index (χ4n) is 5.44. The van der Waals surface area contributed by atoms with E-state index in [1.807, 2.05) is 0 Å². The first-order valence-electron chi connectivity index (χ1n) is 13.1. The first-order valence-corrected chi connectivity index (χ1v) is 16.1. The highest BCUT2D eigenvalue weighted by Crippen LogP contribution is 2.53. The Morgan fingerprint density at radius 3 is 2.33 bits per heavy atom. The van der Waals surface area contributed by atoms with E-state index in [1.54, 1.807) is 6.07 Å². The first kappa shape index (κ1) is 30.3. The summed E-state index contributed by atoms with van der Waals surface area (Å²) in [6.07, 6.45) is -8.73. The Morgan fingerprint density at radius 1 is 0.889 bits per heavy atom. The number of phosphoric acid groups is 2. The van der Waals surface area contributed by atoms with E-state index in [4.69, 9.17) is 39.0 Å². The van der Waals surface area contributed by atoms with Gasteiger partial charge in [-0.2, -0.15) is 4.98 Å². The van der Waals surface area contributed by atoms with Gasteiger partial charge in [-0.05, 0) is 6.07 Å². The number of nitrogen functional groups attached to an aromatic ring is 2. The number of nitrogens with one attached hydrogen (secondary N) is 1. The zero-order valence-corrected chi connectivity index (χ0v) is 24.3. The number of nitrogens with two attached hydrogens (primary N) is 2. The van der Waals surface area contributed by atoms with Gasteiger partial charge in [-0.1, -0.05) is 0 Å². The second-order valence-corrected chi connectivity index (χ2v) is 13.1. The predicted molar refractivity (Wildman–Crippen MR) is 146 cm³/mol. The molecular weight excluding hydrogens is 648 g/mol. The Morgan fingerprint density at radius 2 is 1.58 bits per heavy atom. The fourth-order valence-corrected chi connectivity index (χ4v) is 7.33. The number of hydrogen-bond donors (Lipinski definition) is 7. The second-order valence-electron chi connectivity index (χ2n) is 10.3. The maximum absolute atomic E-state index is 13.2. The van der Waals surface area contributed by atoms with Gasteiger partial charge in [0.2, 0.25) is 5.95 Å². The number of anilines is 2. The molecule has 45 heavy (non-hydrogen) atoms. The predicted octanol–water partition coefficient (Wildman–Crippen LogP) is -1.74. The Balaban J connectivity index is 1.21. The van der Waals surface area contributed by atoms with E-state index < -0.39 is 83.5 Å². The molecule has 10 atom stereocenters. The number of aromatic amines is 1. The lowest BCUT2D eigenvalue weighted by Gasteiger charge is -2.25. The number of imidazole rings is 1. The van der Waals surface area contributed by atoms with Crippen LogP contribution in [0.3, 0.4) is 0 Å². The summed E-state index contributed by atoms with van der Waals surface area (Å²) in [7, 11) is -10.2. The summed E-state index contributed by atoms with van der Waals surface area (Å²) < 4.78 is 61.3. The van der Waals surface area contributed by atoms with Crippen molar-refractivity contribution in [2.24, 2.45) is 0 Å². The van der Waals surface area contributed by atoms with Crippen molar-refractivity contribution in [3.05, 3.63) is 35.3 Å². The smallest absolute Gasteiger partial charge is 0.387 e. The third kappa shape index (κ3) is 5.33. The summed E-state index contributed by atoms with van der Waals surface area (Å²) in [5.41, 5.74) is 10.8. The highest BCUT2D eigenvalue weighted by molar-refractivity contribution is 7.47. The van der Waals surface area contributed by atoms with Crippen molar-refractivity contribution in [3.8, 4) is 0 Å². The van der Waals surface area contributed by atoms with Crippen LogP contribution in [0.25, 0.3) is 22.2 Å². The van der Waals surface area contributed by atoms with Crippen LogP contribution in [0.5, 0.6) is 0 Å². The molecule has 0 amide bonds. The van der Waals surface area contributed by atoms with Crippen LogP contribution in [0, 0.1) is 0 Å². The minimum absolute atomic E-state index is 0.124. The molecule has 2 bridgehead atoms. The van der Waals surface area contributed by atoms with E-state index in [2.05, 4.69) is 24.9 Å². The highest BCUT2D eigenvalue weighted by Gasteiger charge is 2.53. The number of aliphatic hydroxyl groups excluding tert-OH is 2. The Hall–Kier alpha value is -3.37. The lowest BCUT2D eigenvalue weighted by molar-refractivity contribution is -0.0671. The van der Waals surface area contributed by atoms with Crippen molar-refractivity contribution in [1.82, 2.24) is 34.1 Å². The van der Waals surface area contributed by atoms with E-state index >= 15 is 0 Å². The van der Waals surface area contributed by atoms with Gasteiger partial charge < -0.3 is 45.5 Å². The molecule has 3 saturated heterocycles. The van der Waals surface area contributed by atoms with Crippen LogP contribution < -0.4 is 17.0 Å². The van der Waals surface area contributed by atoms with Gasteiger partial charge in [-0.25, -0.2) is 24.1 Å². The van der Waals surface area contributed by atoms with Gasteiger partial charge in [0.1, 0.15) is 54.4 Å². The molecule has 24 heteroatoms. The Labute approximate surface area is 249 Å². The Kier molecular flexibility index (Phi) is 7.32. The van der Waals surface area contributed by atoms with Gasteiger partial charge in [-0.3, -0.25) is 32.4 Å². The van der Waals surface area contributed by atoms with Crippen molar-refractivity contribution < 1.29 is 56.7 Å². The van der Waals surface area contributed by atoms with E-state index in [0.717, 1.165) is 10.9 Å². The molecule has 0 aliphatic carbocycles. The molecule has 242 valence electrons. The number of H-pyrrole nitrogens is 1. The molecular formula is C21H25N9O13P2. The largest absolute Gasteiger partial charge is 0.472 e.